The third-order valence-corrected chi connectivity index (χ3v) is 1.92. The van der Waals surface area contributed by atoms with Crippen LogP contribution in [0.5, 0.6) is 0 Å². The first-order valence-corrected chi connectivity index (χ1v) is 5.26. The minimum absolute atomic E-state index is 0.182. The molecule has 0 aromatic rings. The standard InChI is InChI=1S/C8H16BrNO/c1-2-5-8(11)10-7-4-3-6-9/h2-7H2,1H3,(H,10,11). The average molecular weight is 222 g/mol. The van der Waals surface area contributed by atoms with Crippen molar-refractivity contribution in [1.29, 1.82) is 0 Å². The molecule has 0 aliphatic carbocycles. The molecule has 66 valence electrons. The molecule has 0 saturated heterocycles. The van der Waals surface area contributed by atoms with E-state index in [1.54, 1.807) is 0 Å². The van der Waals surface area contributed by atoms with Crippen molar-refractivity contribution in [2.75, 3.05) is 11.9 Å². The number of carbonyl (C=O) groups is 1. The maximum atomic E-state index is 10.9. The molecule has 0 heterocycles. The summed E-state index contributed by atoms with van der Waals surface area (Å²) in [4.78, 5) is 10.9. The van der Waals surface area contributed by atoms with Crippen LogP contribution in [-0.2, 0) is 4.79 Å². The Balaban J connectivity index is 3.04. The number of hydrogen-bond donors (Lipinski definition) is 1. The smallest absolute Gasteiger partial charge is 0.219 e. The minimum Gasteiger partial charge on any atom is -0.356 e. The summed E-state index contributed by atoms with van der Waals surface area (Å²) in [5.74, 6) is 0.182. The lowest BCUT2D eigenvalue weighted by atomic mass is 10.3. The number of unbranched alkanes of at least 4 members (excludes halogenated alkanes) is 1. The molecule has 11 heavy (non-hydrogen) atoms. The third kappa shape index (κ3) is 7.85. The fraction of sp³-hybridized carbons (Fsp3) is 0.875. The summed E-state index contributed by atoms with van der Waals surface area (Å²) in [6, 6.07) is 0. The van der Waals surface area contributed by atoms with Gasteiger partial charge in [-0.05, 0) is 19.3 Å². The first-order valence-electron chi connectivity index (χ1n) is 4.14. The zero-order valence-corrected chi connectivity index (χ0v) is 8.61. The Labute approximate surface area is 76.9 Å². The van der Waals surface area contributed by atoms with E-state index in [4.69, 9.17) is 0 Å². The van der Waals surface area contributed by atoms with E-state index in [0.29, 0.717) is 6.42 Å². The molecule has 0 fully saturated rings. The van der Waals surface area contributed by atoms with Crippen molar-refractivity contribution in [3.05, 3.63) is 0 Å². The van der Waals surface area contributed by atoms with Gasteiger partial charge in [0.25, 0.3) is 0 Å². The summed E-state index contributed by atoms with van der Waals surface area (Å²) >= 11 is 3.33. The van der Waals surface area contributed by atoms with Crippen LogP contribution in [0.25, 0.3) is 0 Å². The van der Waals surface area contributed by atoms with Crippen LogP contribution in [0.15, 0.2) is 0 Å². The second kappa shape index (κ2) is 8.05. The Morgan fingerprint density at radius 3 is 2.73 bits per heavy atom. The molecule has 1 N–H and O–H groups in total. The highest BCUT2D eigenvalue weighted by Crippen LogP contribution is 1.92. The van der Waals surface area contributed by atoms with E-state index >= 15 is 0 Å². The molecule has 3 heteroatoms. The van der Waals surface area contributed by atoms with Crippen LogP contribution < -0.4 is 5.32 Å². The van der Waals surface area contributed by atoms with Gasteiger partial charge in [-0.2, -0.15) is 0 Å². The first-order chi connectivity index (χ1) is 5.31. The normalized spacial score (nSPS) is 9.64. The van der Waals surface area contributed by atoms with Crippen LogP contribution >= 0.6 is 15.9 Å². The Morgan fingerprint density at radius 1 is 1.45 bits per heavy atom. The SMILES string of the molecule is CCCC(=O)NCCCCBr. The zero-order valence-electron chi connectivity index (χ0n) is 7.03. The predicted molar refractivity (Wildman–Crippen MR) is 50.9 cm³/mol. The fourth-order valence-electron chi connectivity index (χ4n) is 0.763. The molecule has 1 amide bonds. The molecule has 0 rings (SSSR count). The molecule has 0 unspecified atom stereocenters. The highest BCUT2D eigenvalue weighted by Gasteiger charge is 1.96. The number of rotatable bonds is 6. The zero-order chi connectivity index (χ0) is 8.53. The van der Waals surface area contributed by atoms with Crippen molar-refractivity contribution in [3.8, 4) is 0 Å². The summed E-state index contributed by atoms with van der Waals surface area (Å²) in [5, 5.41) is 3.88. The second-order valence-electron chi connectivity index (χ2n) is 2.50. The second-order valence-corrected chi connectivity index (χ2v) is 3.29. The van der Waals surface area contributed by atoms with Gasteiger partial charge in [-0.1, -0.05) is 22.9 Å². The average Bonchev–Trinajstić information content (AvgIpc) is 1.99. The van der Waals surface area contributed by atoms with E-state index in [0.717, 1.165) is 31.1 Å². The van der Waals surface area contributed by atoms with Gasteiger partial charge < -0.3 is 5.32 Å². The fourth-order valence-corrected chi connectivity index (χ4v) is 1.16. The number of alkyl halides is 1. The number of halogens is 1. The van der Waals surface area contributed by atoms with Crippen molar-refractivity contribution < 1.29 is 4.79 Å². The van der Waals surface area contributed by atoms with E-state index in [1.165, 1.54) is 0 Å². The lowest BCUT2D eigenvalue weighted by Crippen LogP contribution is -2.23. The largest absolute Gasteiger partial charge is 0.356 e. The monoisotopic (exact) mass is 221 g/mol. The summed E-state index contributed by atoms with van der Waals surface area (Å²) in [7, 11) is 0. The molecule has 0 aromatic heterocycles. The van der Waals surface area contributed by atoms with Gasteiger partial charge in [0.1, 0.15) is 0 Å². The summed E-state index contributed by atoms with van der Waals surface area (Å²) in [5.41, 5.74) is 0. The van der Waals surface area contributed by atoms with Crippen LogP contribution in [0.1, 0.15) is 32.6 Å². The molecule has 0 bridgehead atoms. The Kier molecular flexibility index (Phi) is 8.01. The van der Waals surface area contributed by atoms with Gasteiger partial charge in [0.15, 0.2) is 0 Å². The molecule has 0 radical (unpaired) electrons. The first kappa shape index (κ1) is 11.0. The van der Waals surface area contributed by atoms with E-state index in [1.807, 2.05) is 6.92 Å². The summed E-state index contributed by atoms with van der Waals surface area (Å²) < 4.78 is 0. The molecule has 0 aromatic carbocycles. The van der Waals surface area contributed by atoms with Crippen LogP contribution in [0.3, 0.4) is 0 Å². The number of hydrogen-bond acceptors (Lipinski definition) is 1. The van der Waals surface area contributed by atoms with Crippen LogP contribution in [0, 0.1) is 0 Å². The van der Waals surface area contributed by atoms with E-state index in [2.05, 4.69) is 21.2 Å². The van der Waals surface area contributed by atoms with Crippen LogP contribution in [0.2, 0.25) is 0 Å². The van der Waals surface area contributed by atoms with E-state index < -0.39 is 0 Å². The summed E-state index contributed by atoms with van der Waals surface area (Å²) in [6.45, 7) is 2.84. The number of amides is 1. The number of nitrogens with one attached hydrogen (secondary N) is 1. The third-order valence-electron chi connectivity index (χ3n) is 1.36. The van der Waals surface area contributed by atoms with Gasteiger partial charge >= 0.3 is 0 Å². The molecule has 0 aliphatic heterocycles. The minimum atomic E-state index is 0.182. The highest BCUT2D eigenvalue weighted by molar-refractivity contribution is 9.09. The molecular weight excluding hydrogens is 206 g/mol. The Morgan fingerprint density at radius 2 is 2.18 bits per heavy atom. The van der Waals surface area contributed by atoms with Gasteiger partial charge in [0.2, 0.25) is 5.91 Å². The number of carbonyl (C=O) groups excluding carboxylic acids is 1. The van der Waals surface area contributed by atoms with E-state index in [9.17, 15) is 4.79 Å². The van der Waals surface area contributed by atoms with Crippen molar-refractivity contribution in [1.82, 2.24) is 5.32 Å². The molecular formula is C8H16BrNO. The molecule has 0 aliphatic rings. The van der Waals surface area contributed by atoms with Gasteiger partial charge in [0.05, 0.1) is 0 Å². The quantitative estimate of drug-likeness (QED) is 0.541. The van der Waals surface area contributed by atoms with Crippen molar-refractivity contribution in [3.63, 3.8) is 0 Å². The van der Waals surface area contributed by atoms with Gasteiger partial charge in [-0.3, -0.25) is 4.79 Å². The summed E-state index contributed by atoms with van der Waals surface area (Å²) in [6.07, 6.45) is 3.80. The lowest BCUT2D eigenvalue weighted by Gasteiger charge is -2.01. The maximum absolute atomic E-state index is 10.9. The van der Waals surface area contributed by atoms with Crippen molar-refractivity contribution in [2.24, 2.45) is 0 Å². The maximum Gasteiger partial charge on any atom is 0.219 e. The van der Waals surface area contributed by atoms with Crippen LogP contribution in [-0.4, -0.2) is 17.8 Å². The highest BCUT2D eigenvalue weighted by atomic mass is 79.9. The van der Waals surface area contributed by atoms with Gasteiger partial charge in [0, 0.05) is 18.3 Å². The predicted octanol–water partition coefficient (Wildman–Crippen LogP) is 2.08. The lowest BCUT2D eigenvalue weighted by molar-refractivity contribution is -0.121. The van der Waals surface area contributed by atoms with Crippen LogP contribution in [0.4, 0.5) is 0 Å². The molecule has 0 spiro atoms. The topological polar surface area (TPSA) is 29.1 Å². The van der Waals surface area contributed by atoms with Crippen molar-refractivity contribution >= 4 is 21.8 Å². The molecule has 0 saturated carbocycles. The Hall–Kier alpha value is -0.0500. The Bertz CT molecular complexity index is 106. The van der Waals surface area contributed by atoms with Gasteiger partial charge in [-0.25, -0.2) is 0 Å². The molecule has 0 atom stereocenters. The van der Waals surface area contributed by atoms with Crippen molar-refractivity contribution in [2.45, 2.75) is 32.6 Å². The molecule has 2 nitrogen and oxygen atoms in total. The van der Waals surface area contributed by atoms with E-state index in [-0.39, 0.29) is 5.91 Å². The van der Waals surface area contributed by atoms with Gasteiger partial charge in [-0.15, -0.1) is 0 Å².